The molecule has 0 atom stereocenters. The first kappa shape index (κ1) is 25.0. The van der Waals surface area contributed by atoms with Crippen molar-refractivity contribution in [2.45, 2.75) is 60.8 Å². The van der Waals surface area contributed by atoms with E-state index in [4.69, 9.17) is 0 Å². The summed E-state index contributed by atoms with van der Waals surface area (Å²) in [6.45, 7) is 12.5. The molecule has 3 N–H and O–H groups in total. The summed E-state index contributed by atoms with van der Waals surface area (Å²) in [6, 6.07) is 4.34. The Morgan fingerprint density at radius 1 is 0.694 bits per heavy atom. The van der Waals surface area contributed by atoms with Gasteiger partial charge in [0.2, 0.25) is 0 Å². The van der Waals surface area contributed by atoms with Gasteiger partial charge < -0.3 is 9.97 Å². The lowest BCUT2D eigenvalue weighted by molar-refractivity contribution is 1.03. The lowest BCUT2D eigenvalue weighted by atomic mass is 10.1. The number of hydrogen-bond donors (Lipinski definition) is 3. The zero-order chi connectivity index (χ0) is 25.7. The molecule has 0 unspecified atom stereocenters. The average molecular weight is 483 g/mol. The minimum Gasteiger partial charge on any atom is -0.346 e. The summed E-state index contributed by atoms with van der Waals surface area (Å²) in [5, 5.41) is 9.35. The van der Waals surface area contributed by atoms with Gasteiger partial charge in [-0.1, -0.05) is 20.8 Å². The van der Waals surface area contributed by atoms with Crippen LogP contribution in [-0.4, -0.2) is 40.1 Å². The lowest BCUT2D eigenvalue weighted by Gasteiger charge is -1.95. The predicted octanol–water partition coefficient (Wildman–Crippen LogP) is 6.09. The maximum atomic E-state index is 4.46. The van der Waals surface area contributed by atoms with Crippen LogP contribution in [0.2, 0.25) is 0 Å². The van der Waals surface area contributed by atoms with Crippen molar-refractivity contribution in [3.05, 3.63) is 76.8 Å². The van der Waals surface area contributed by atoms with E-state index < -0.39 is 0 Å². The van der Waals surface area contributed by atoms with Crippen LogP contribution < -0.4 is 0 Å². The van der Waals surface area contributed by atoms with Gasteiger partial charge in [0.15, 0.2) is 11.3 Å². The molecule has 0 aromatic carbocycles. The van der Waals surface area contributed by atoms with Gasteiger partial charge in [0.1, 0.15) is 11.2 Å². The Labute approximate surface area is 211 Å². The van der Waals surface area contributed by atoms with Crippen LogP contribution in [0.4, 0.5) is 0 Å². The third-order valence-electron chi connectivity index (χ3n) is 6.25. The molecule has 0 saturated heterocycles. The van der Waals surface area contributed by atoms with Crippen molar-refractivity contribution in [2.24, 2.45) is 0 Å². The fourth-order valence-electron chi connectivity index (χ4n) is 3.85. The van der Waals surface area contributed by atoms with Gasteiger partial charge in [0.05, 0.1) is 11.9 Å². The number of pyridine rings is 2. The molecule has 6 rings (SSSR count). The highest BCUT2D eigenvalue weighted by atomic mass is 15.1. The van der Waals surface area contributed by atoms with Crippen LogP contribution in [0.3, 0.4) is 0 Å². The van der Waals surface area contributed by atoms with Gasteiger partial charge in [-0.2, -0.15) is 5.10 Å². The Bertz CT molecular complexity index is 1400. The fraction of sp³-hybridized carbons (Fsp3) is 0.321. The Morgan fingerprint density at radius 3 is 2.06 bits per heavy atom. The van der Waals surface area contributed by atoms with Crippen molar-refractivity contribution in [2.75, 3.05) is 0 Å². The van der Waals surface area contributed by atoms with Crippen molar-refractivity contribution in [3.8, 4) is 0 Å². The molecule has 0 saturated carbocycles. The van der Waals surface area contributed by atoms with E-state index in [0.717, 1.165) is 64.1 Å². The molecule has 36 heavy (non-hydrogen) atoms. The molecule has 0 aliphatic carbocycles. The van der Waals surface area contributed by atoms with E-state index >= 15 is 0 Å². The minimum absolute atomic E-state index is 0.810. The van der Waals surface area contributed by atoms with E-state index in [1.165, 1.54) is 22.1 Å². The maximum Gasteiger partial charge on any atom is 0.181 e. The monoisotopic (exact) mass is 482 g/mol. The lowest BCUT2D eigenvalue weighted by Crippen LogP contribution is -1.89. The smallest absolute Gasteiger partial charge is 0.181 e. The third-order valence-corrected chi connectivity index (χ3v) is 6.25. The Morgan fingerprint density at radius 2 is 1.33 bits per heavy atom. The van der Waals surface area contributed by atoms with Crippen LogP contribution >= 0.6 is 0 Å². The van der Waals surface area contributed by atoms with Crippen LogP contribution in [-0.2, 0) is 19.3 Å². The number of aryl methyl sites for hydroxylation is 6. The summed E-state index contributed by atoms with van der Waals surface area (Å²) in [5.41, 5.74) is 10.8. The predicted molar refractivity (Wildman–Crippen MR) is 146 cm³/mol. The highest BCUT2D eigenvalue weighted by molar-refractivity contribution is 5.80. The number of aromatic nitrogens is 8. The van der Waals surface area contributed by atoms with Crippen LogP contribution in [0.5, 0.6) is 0 Å². The summed E-state index contributed by atoms with van der Waals surface area (Å²) < 4.78 is 0. The first-order chi connectivity index (χ1) is 17.4. The molecule has 0 fully saturated rings. The molecule has 0 radical (unpaired) electrons. The number of nitrogens with zero attached hydrogens (tertiary/aromatic N) is 5. The van der Waals surface area contributed by atoms with Crippen LogP contribution in [0.15, 0.2) is 43.1 Å². The summed E-state index contributed by atoms with van der Waals surface area (Å²) in [6.07, 6.45) is 12.6. The molecule has 0 amide bonds. The summed E-state index contributed by atoms with van der Waals surface area (Å²) >= 11 is 0. The molecule has 0 bridgehead atoms. The van der Waals surface area contributed by atoms with E-state index in [1.807, 2.05) is 44.8 Å². The van der Waals surface area contributed by atoms with Crippen LogP contribution in [0, 0.1) is 20.8 Å². The van der Waals surface area contributed by atoms with E-state index in [-0.39, 0.29) is 0 Å². The molecule has 6 aromatic heterocycles. The molecular weight excluding hydrogens is 448 g/mol. The Balaban J connectivity index is 0.000000127. The van der Waals surface area contributed by atoms with Crippen molar-refractivity contribution in [1.82, 2.24) is 40.1 Å². The molecule has 6 heterocycles. The number of hydrogen-bond acceptors (Lipinski definition) is 5. The van der Waals surface area contributed by atoms with Gasteiger partial charge in [-0.25, -0.2) is 19.9 Å². The SMILES string of the molecule is CCc1cnc2[nH]cc(C)c2c1.CCc1cnc2[nH]cc(C)c2n1.CCc1cnc2n[nH]c(C)c2c1. The molecule has 8 nitrogen and oxygen atoms in total. The van der Waals surface area contributed by atoms with Gasteiger partial charge in [0, 0.05) is 41.3 Å². The number of H-pyrrole nitrogens is 3. The van der Waals surface area contributed by atoms with Crippen LogP contribution in [0.1, 0.15) is 54.4 Å². The van der Waals surface area contributed by atoms with Gasteiger partial charge in [-0.3, -0.25) is 5.10 Å². The Hall–Kier alpha value is -4.07. The highest BCUT2D eigenvalue weighted by Crippen LogP contribution is 2.17. The largest absolute Gasteiger partial charge is 0.346 e. The minimum atomic E-state index is 0.810. The van der Waals surface area contributed by atoms with Crippen molar-refractivity contribution < 1.29 is 0 Å². The second-order valence-electron chi connectivity index (χ2n) is 8.87. The standard InChI is InChI=1S/C10H12N2.2C9H11N3/c1-3-8-4-9-7(2)5-11-10(9)12-6-8;1-3-7-4-8-6(2)11-12-9(8)10-5-7;1-3-7-5-11-9-8(12-7)6(2)4-10-9/h4-6H,3H2,1-2H3,(H,11,12);4-5H,3H2,1-2H3,(H,10,11,12);4-5H,3H2,1-2H3,(H,10,11). The zero-order valence-corrected chi connectivity index (χ0v) is 21.9. The van der Waals surface area contributed by atoms with E-state index in [1.54, 1.807) is 0 Å². The molecule has 8 heteroatoms. The summed E-state index contributed by atoms with van der Waals surface area (Å²) in [4.78, 5) is 23.5. The maximum absolute atomic E-state index is 4.46. The Kier molecular flexibility index (Phi) is 7.73. The number of fused-ring (bicyclic) bond motifs is 3. The van der Waals surface area contributed by atoms with E-state index in [9.17, 15) is 0 Å². The third kappa shape index (κ3) is 5.43. The van der Waals surface area contributed by atoms with E-state index in [0.29, 0.717) is 0 Å². The molecule has 0 spiro atoms. The van der Waals surface area contributed by atoms with Crippen molar-refractivity contribution >= 4 is 33.2 Å². The van der Waals surface area contributed by atoms with Gasteiger partial charge in [0.25, 0.3) is 0 Å². The van der Waals surface area contributed by atoms with Gasteiger partial charge in [-0.15, -0.1) is 0 Å². The fourth-order valence-corrected chi connectivity index (χ4v) is 3.85. The van der Waals surface area contributed by atoms with E-state index in [2.05, 4.69) is 79.9 Å². The van der Waals surface area contributed by atoms with Crippen molar-refractivity contribution in [1.29, 1.82) is 0 Å². The summed E-state index contributed by atoms with van der Waals surface area (Å²) in [5.74, 6) is 0. The van der Waals surface area contributed by atoms with Gasteiger partial charge >= 0.3 is 0 Å². The van der Waals surface area contributed by atoms with Crippen LogP contribution in [0.25, 0.3) is 33.2 Å². The normalized spacial score (nSPS) is 10.8. The average Bonchev–Trinajstić information content (AvgIpc) is 3.61. The molecule has 0 aliphatic heterocycles. The zero-order valence-electron chi connectivity index (χ0n) is 21.9. The highest BCUT2D eigenvalue weighted by Gasteiger charge is 2.03. The summed E-state index contributed by atoms with van der Waals surface area (Å²) in [7, 11) is 0. The molecule has 186 valence electrons. The molecule has 6 aromatic rings. The molecular formula is C28H34N8. The number of aromatic amines is 3. The van der Waals surface area contributed by atoms with Crippen molar-refractivity contribution in [3.63, 3.8) is 0 Å². The quantitative estimate of drug-likeness (QED) is 0.282. The number of rotatable bonds is 3. The first-order valence-corrected chi connectivity index (χ1v) is 12.4. The number of nitrogens with one attached hydrogen (secondary N) is 3. The second-order valence-corrected chi connectivity index (χ2v) is 8.87. The van der Waals surface area contributed by atoms with Gasteiger partial charge in [-0.05, 0) is 74.4 Å². The second kappa shape index (κ2) is 11.1. The first-order valence-electron chi connectivity index (χ1n) is 12.4. The molecule has 0 aliphatic rings. The topological polar surface area (TPSA) is 112 Å².